The highest BCUT2D eigenvalue weighted by molar-refractivity contribution is 9.10. The van der Waals surface area contributed by atoms with Crippen molar-refractivity contribution < 1.29 is 12.8 Å². The van der Waals surface area contributed by atoms with E-state index in [9.17, 15) is 12.8 Å². The number of hydrogen-bond acceptors (Lipinski definition) is 3. The molecule has 0 aliphatic heterocycles. The number of anilines is 2. The second-order valence-electron chi connectivity index (χ2n) is 4.37. The number of nitrogen functional groups attached to an aromatic ring is 1. The molecule has 0 aliphatic carbocycles. The van der Waals surface area contributed by atoms with Crippen molar-refractivity contribution in [3.05, 3.63) is 51.2 Å². The zero-order valence-corrected chi connectivity index (χ0v) is 14.0. The molecule has 4 nitrogen and oxygen atoms in total. The Morgan fingerprint density at radius 2 is 1.95 bits per heavy atom. The lowest BCUT2D eigenvalue weighted by Crippen LogP contribution is -2.15. The van der Waals surface area contributed by atoms with Crippen LogP contribution in [0.3, 0.4) is 0 Å². The van der Waals surface area contributed by atoms with E-state index in [-0.39, 0.29) is 25.8 Å². The van der Waals surface area contributed by atoms with Crippen LogP contribution in [0.5, 0.6) is 0 Å². The predicted octanol–water partition coefficient (Wildman–Crippen LogP) is 3.93. The Morgan fingerprint density at radius 1 is 1.29 bits per heavy atom. The molecule has 2 aromatic rings. The van der Waals surface area contributed by atoms with Crippen molar-refractivity contribution in [1.82, 2.24) is 0 Å². The summed E-state index contributed by atoms with van der Waals surface area (Å²) in [4.78, 5) is -0.155. The SMILES string of the molecule is Cc1cc(Br)c(F)cc1NS(=O)(=O)c1cc(Cl)ccc1N. The average molecular weight is 394 g/mol. The summed E-state index contributed by atoms with van der Waals surface area (Å²) >= 11 is 8.83. The molecule has 0 atom stereocenters. The van der Waals surface area contributed by atoms with Gasteiger partial charge in [-0.05, 0) is 58.7 Å². The summed E-state index contributed by atoms with van der Waals surface area (Å²) in [6.07, 6.45) is 0. The van der Waals surface area contributed by atoms with Crippen LogP contribution in [-0.4, -0.2) is 8.42 Å². The fourth-order valence-corrected chi connectivity index (χ4v) is 3.67. The first-order valence-electron chi connectivity index (χ1n) is 5.74. The number of sulfonamides is 1. The standard InChI is InChI=1S/C13H11BrClFN2O2S/c1-7-4-9(14)10(16)6-12(7)18-21(19,20)13-5-8(15)2-3-11(13)17/h2-6,18H,17H2,1H3. The first kappa shape index (κ1) is 16.1. The summed E-state index contributed by atoms with van der Waals surface area (Å²) in [5, 5.41) is 0.239. The Bertz CT molecular complexity index is 812. The summed E-state index contributed by atoms with van der Waals surface area (Å²) in [5.41, 5.74) is 6.42. The normalized spacial score (nSPS) is 11.4. The molecule has 0 saturated carbocycles. The second-order valence-corrected chi connectivity index (χ2v) is 7.31. The number of benzene rings is 2. The van der Waals surface area contributed by atoms with Crippen LogP contribution in [0.4, 0.5) is 15.8 Å². The Morgan fingerprint density at radius 3 is 2.62 bits per heavy atom. The van der Waals surface area contributed by atoms with E-state index in [0.717, 1.165) is 6.07 Å². The molecule has 2 rings (SSSR count). The van der Waals surface area contributed by atoms with Gasteiger partial charge >= 0.3 is 0 Å². The van der Waals surface area contributed by atoms with E-state index in [1.54, 1.807) is 6.92 Å². The molecule has 112 valence electrons. The predicted molar refractivity (Wildman–Crippen MR) is 85.5 cm³/mol. The number of nitrogens with one attached hydrogen (secondary N) is 1. The Labute approximate surface area is 135 Å². The van der Waals surface area contributed by atoms with Crippen molar-refractivity contribution in [2.75, 3.05) is 10.5 Å². The zero-order chi connectivity index (χ0) is 15.8. The van der Waals surface area contributed by atoms with Crippen molar-refractivity contribution in [3.63, 3.8) is 0 Å². The zero-order valence-electron chi connectivity index (χ0n) is 10.8. The van der Waals surface area contributed by atoms with Gasteiger partial charge in [0.1, 0.15) is 10.7 Å². The van der Waals surface area contributed by atoms with Gasteiger partial charge in [0.15, 0.2) is 0 Å². The number of halogens is 3. The first-order chi connectivity index (χ1) is 9.70. The smallest absolute Gasteiger partial charge is 0.264 e. The van der Waals surface area contributed by atoms with Crippen LogP contribution in [0.1, 0.15) is 5.56 Å². The molecular formula is C13H11BrClFN2O2S. The van der Waals surface area contributed by atoms with E-state index >= 15 is 0 Å². The van der Waals surface area contributed by atoms with Gasteiger partial charge in [0.2, 0.25) is 0 Å². The molecule has 8 heteroatoms. The highest BCUT2D eigenvalue weighted by Crippen LogP contribution is 2.28. The topological polar surface area (TPSA) is 72.2 Å². The molecule has 0 bridgehead atoms. The molecule has 0 saturated heterocycles. The maximum atomic E-state index is 13.6. The van der Waals surface area contributed by atoms with Crippen LogP contribution in [0.2, 0.25) is 5.02 Å². The second kappa shape index (κ2) is 5.82. The van der Waals surface area contributed by atoms with Crippen molar-refractivity contribution in [2.24, 2.45) is 0 Å². The Kier molecular flexibility index (Phi) is 4.46. The van der Waals surface area contributed by atoms with Crippen molar-refractivity contribution in [3.8, 4) is 0 Å². The molecule has 0 radical (unpaired) electrons. The molecule has 2 aromatic carbocycles. The molecule has 0 aliphatic rings. The largest absolute Gasteiger partial charge is 0.398 e. The lowest BCUT2D eigenvalue weighted by Gasteiger charge is -2.13. The number of rotatable bonds is 3. The summed E-state index contributed by atoms with van der Waals surface area (Å²) in [5.74, 6) is -0.572. The van der Waals surface area contributed by atoms with Gasteiger partial charge in [-0.2, -0.15) is 0 Å². The van der Waals surface area contributed by atoms with Gasteiger partial charge < -0.3 is 5.73 Å². The minimum atomic E-state index is -3.96. The summed E-state index contributed by atoms with van der Waals surface area (Å²) in [6, 6.07) is 6.70. The molecular weight excluding hydrogens is 383 g/mol. The molecule has 0 spiro atoms. The van der Waals surface area contributed by atoms with Crippen LogP contribution in [0.25, 0.3) is 0 Å². The lowest BCUT2D eigenvalue weighted by atomic mass is 10.2. The van der Waals surface area contributed by atoms with E-state index in [4.69, 9.17) is 17.3 Å². The summed E-state index contributed by atoms with van der Waals surface area (Å²) in [7, 11) is -3.96. The van der Waals surface area contributed by atoms with Crippen molar-refractivity contribution in [1.29, 1.82) is 0 Å². The van der Waals surface area contributed by atoms with Crippen LogP contribution in [-0.2, 0) is 10.0 Å². The third kappa shape index (κ3) is 3.48. The lowest BCUT2D eigenvalue weighted by molar-refractivity contribution is 0.601. The molecule has 0 aromatic heterocycles. The molecule has 21 heavy (non-hydrogen) atoms. The van der Waals surface area contributed by atoms with Crippen LogP contribution in [0, 0.1) is 12.7 Å². The quantitative estimate of drug-likeness (QED) is 0.776. The van der Waals surface area contributed by atoms with Gasteiger partial charge in [-0.3, -0.25) is 4.72 Å². The molecule has 0 fully saturated rings. The number of aryl methyl sites for hydroxylation is 1. The van der Waals surface area contributed by atoms with Gasteiger partial charge in [-0.25, -0.2) is 12.8 Å². The Balaban J connectivity index is 2.47. The fraction of sp³-hybridized carbons (Fsp3) is 0.0769. The summed E-state index contributed by atoms with van der Waals surface area (Å²) in [6.45, 7) is 1.66. The van der Waals surface area contributed by atoms with Gasteiger partial charge in [0.05, 0.1) is 15.8 Å². The highest BCUT2D eigenvalue weighted by atomic mass is 79.9. The minimum Gasteiger partial charge on any atom is -0.398 e. The third-order valence-electron chi connectivity index (χ3n) is 2.78. The monoisotopic (exact) mass is 392 g/mol. The average Bonchev–Trinajstić information content (AvgIpc) is 2.38. The van der Waals surface area contributed by atoms with E-state index in [2.05, 4.69) is 20.7 Å². The fourth-order valence-electron chi connectivity index (χ4n) is 1.70. The van der Waals surface area contributed by atoms with Crippen molar-refractivity contribution in [2.45, 2.75) is 11.8 Å². The molecule has 0 heterocycles. The van der Waals surface area contributed by atoms with Crippen LogP contribution in [0.15, 0.2) is 39.7 Å². The van der Waals surface area contributed by atoms with Crippen molar-refractivity contribution >= 4 is 48.9 Å². The first-order valence-corrected chi connectivity index (χ1v) is 8.39. The molecule has 3 N–H and O–H groups in total. The van der Waals surface area contributed by atoms with Crippen LogP contribution >= 0.6 is 27.5 Å². The van der Waals surface area contributed by atoms with E-state index in [0.29, 0.717) is 5.56 Å². The Hall–Kier alpha value is -1.31. The number of nitrogens with two attached hydrogens (primary N) is 1. The van der Waals surface area contributed by atoms with E-state index < -0.39 is 15.8 Å². The van der Waals surface area contributed by atoms with E-state index in [1.807, 2.05) is 0 Å². The third-order valence-corrected chi connectivity index (χ3v) is 5.04. The van der Waals surface area contributed by atoms with E-state index in [1.165, 1.54) is 24.3 Å². The van der Waals surface area contributed by atoms with Crippen LogP contribution < -0.4 is 10.5 Å². The summed E-state index contributed by atoms with van der Waals surface area (Å²) < 4.78 is 40.8. The maximum absolute atomic E-state index is 13.6. The molecule has 0 unspecified atom stereocenters. The number of hydrogen-bond donors (Lipinski definition) is 2. The maximum Gasteiger partial charge on any atom is 0.264 e. The van der Waals surface area contributed by atoms with Gasteiger partial charge in [0.25, 0.3) is 10.0 Å². The van der Waals surface area contributed by atoms with Gasteiger partial charge in [-0.1, -0.05) is 11.6 Å². The highest BCUT2D eigenvalue weighted by Gasteiger charge is 2.19. The van der Waals surface area contributed by atoms with Gasteiger partial charge in [-0.15, -0.1) is 0 Å². The minimum absolute atomic E-state index is 0.0575. The molecule has 0 amide bonds. The van der Waals surface area contributed by atoms with Gasteiger partial charge in [0, 0.05) is 5.02 Å².